The van der Waals surface area contributed by atoms with Crippen molar-refractivity contribution in [3.05, 3.63) is 70.9 Å². The van der Waals surface area contributed by atoms with E-state index in [0.717, 1.165) is 11.1 Å². The van der Waals surface area contributed by atoms with Gasteiger partial charge in [-0.05, 0) is 74.7 Å². The molecular weight excluding hydrogens is 829 g/mol. The van der Waals surface area contributed by atoms with Crippen LogP contribution >= 0.6 is 0 Å². The number of aliphatic hydroxyl groups is 4. The van der Waals surface area contributed by atoms with E-state index >= 15 is 9.59 Å². The predicted molar refractivity (Wildman–Crippen MR) is 232 cm³/mol. The summed E-state index contributed by atoms with van der Waals surface area (Å²) in [7, 11) is 0. The van der Waals surface area contributed by atoms with Crippen molar-refractivity contribution in [2.24, 2.45) is 35.5 Å². The Bertz CT molecular complexity index is 1820. The minimum atomic E-state index is -1.13. The smallest absolute Gasteiger partial charge is 0.336 e. The molecule has 64 heavy (non-hydrogen) atoms. The summed E-state index contributed by atoms with van der Waals surface area (Å²) in [5.41, 5.74) is 2.50. The van der Waals surface area contributed by atoms with Gasteiger partial charge in [-0.25, -0.2) is 9.59 Å². The van der Waals surface area contributed by atoms with Gasteiger partial charge in [-0.15, -0.1) is 0 Å². The summed E-state index contributed by atoms with van der Waals surface area (Å²) in [5.74, 6) is -9.05. The number of piperazine rings is 1. The standard InChI is InChI=1S/C48H66N2O14/c1-25(2)41-43(55)50(20-34-40-36(62-46(58)30(8)22-52)16-28(6)12-10-14-32(24-54)18-38(40)64-48(34)60)42(26(3)4)44(56)49(41)19-33-39-35(61-45(57)29(7)21-51)15-27(5)11-9-13-31(23-53)17-37(39)63-47(33)59/h11-12,17-18,25-26,33-42,51-54H,7-10,13-16,19-24H2,1-6H3. The van der Waals surface area contributed by atoms with Crippen molar-refractivity contribution in [3.63, 3.8) is 0 Å². The minimum Gasteiger partial charge on any atom is -0.458 e. The maximum Gasteiger partial charge on any atom is 0.336 e. The fraction of sp³-hybridized carbons (Fsp3) is 0.625. The summed E-state index contributed by atoms with van der Waals surface area (Å²) in [5, 5.41) is 39.9. The number of rotatable bonds is 14. The first-order chi connectivity index (χ1) is 30.3. The zero-order valence-electron chi connectivity index (χ0n) is 37.9. The zero-order chi connectivity index (χ0) is 47.2. The number of allylic oxidation sites excluding steroid dienone is 2. The molecule has 0 spiro atoms. The van der Waals surface area contributed by atoms with Crippen LogP contribution in [0.15, 0.2) is 70.9 Å². The summed E-state index contributed by atoms with van der Waals surface area (Å²) in [6.45, 7) is 15.5. The van der Waals surface area contributed by atoms with Gasteiger partial charge in [0, 0.05) is 25.9 Å². The van der Waals surface area contributed by atoms with E-state index < -0.39 is 121 Å². The molecule has 0 aromatic heterocycles. The molecule has 3 saturated heterocycles. The van der Waals surface area contributed by atoms with Crippen LogP contribution < -0.4 is 0 Å². The molecule has 5 rings (SSSR count). The van der Waals surface area contributed by atoms with Crippen LogP contribution in [0.4, 0.5) is 0 Å². The topological polar surface area (TPSA) is 227 Å². The van der Waals surface area contributed by atoms with Gasteiger partial charge in [0.2, 0.25) is 11.8 Å². The molecule has 16 heteroatoms. The van der Waals surface area contributed by atoms with E-state index in [2.05, 4.69) is 13.2 Å². The zero-order valence-corrected chi connectivity index (χ0v) is 37.9. The SMILES string of the molecule is C=C(CO)C(=O)OC1CC(C)=CCCC(CO)=CC2OC(=O)C(CN3C(=O)C(C(C)C)N(CC4C(=O)OC5C=C(CO)CCC=C(C)CC(OC(=O)C(=C)CO)C54)C(=O)C3C(C)C)C21. The monoisotopic (exact) mass is 894 g/mol. The van der Waals surface area contributed by atoms with Gasteiger partial charge < -0.3 is 49.2 Å². The van der Waals surface area contributed by atoms with Gasteiger partial charge in [-0.1, -0.05) is 64.2 Å². The first kappa shape index (κ1) is 50.1. The van der Waals surface area contributed by atoms with Gasteiger partial charge in [0.25, 0.3) is 0 Å². The van der Waals surface area contributed by atoms with Crippen LogP contribution in [-0.2, 0) is 47.7 Å². The number of carbonyl (C=O) groups is 6. The van der Waals surface area contributed by atoms with Gasteiger partial charge in [0.15, 0.2) is 0 Å². The number of hydrogen-bond acceptors (Lipinski definition) is 14. The normalized spacial score (nSPS) is 30.3. The van der Waals surface area contributed by atoms with E-state index in [1.54, 1.807) is 39.8 Å². The van der Waals surface area contributed by atoms with Crippen LogP contribution in [0.1, 0.15) is 80.1 Å². The van der Waals surface area contributed by atoms with Crippen LogP contribution in [0.5, 0.6) is 0 Å². The molecule has 2 amide bonds. The van der Waals surface area contributed by atoms with Crippen LogP contribution in [-0.4, -0.2) is 142 Å². The lowest BCUT2D eigenvalue weighted by molar-refractivity contribution is -0.170. The molecule has 10 atom stereocenters. The van der Waals surface area contributed by atoms with Gasteiger partial charge in [-0.3, -0.25) is 19.2 Å². The molecule has 5 aliphatic rings. The highest BCUT2D eigenvalue weighted by Gasteiger charge is 2.57. The van der Waals surface area contributed by atoms with Crippen molar-refractivity contribution in [1.82, 2.24) is 9.80 Å². The highest BCUT2D eigenvalue weighted by atomic mass is 16.6. The molecule has 10 unspecified atom stereocenters. The van der Waals surface area contributed by atoms with Crippen LogP contribution in [0, 0.1) is 35.5 Å². The summed E-state index contributed by atoms with van der Waals surface area (Å²) >= 11 is 0. The molecule has 16 nitrogen and oxygen atoms in total. The van der Waals surface area contributed by atoms with Gasteiger partial charge in [0.1, 0.15) is 36.5 Å². The maximum atomic E-state index is 15.2. The lowest BCUT2D eigenvalue weighted by atomic mass is 9.79. The Balaban J connectivity index is 1.55. The number of nitrogens with zero attached hydrogens (tertiary/aromatic N) is 2. The fourth-order valence-corrected chi connectivity index (χ4v) is 9.79. The molecule has 3 fully saturated rings. The van der Waals surface area contributed by atoms with E-state index in [-0.39, 0.29) is 50.3 Å². The van der Waals surface area contributed by atoms with Crippen LogP contribution in [0.3, 0.4) is 0 Å². The fourth-order valence-electron chi connectivity index (χ4n) is 9.79. The molecule has 0 radical (unpaired) electrons. The van der Waals surface area contributed by atoms with Gasteiger partial charge in [0.05, 0.1) is 61.2 Å². The first-order valence-electron chi connectivity index (χ1n) is 22.3. The largest absolute Gasteiger partial charge is 0.458 e. The van der Waals surface area contributed by atoms with Crippen molar-refractivity contribution in [2.75, 3.05) is 39.5 Å². The van der Waals surface area contributed by atoms with Crippen molar-refractivity contribution in [2.45, 2.75) is 117 Å². The van der Waals surface area contributed by atoms with Crippen LogP contribution in [0.2, 0.25) is 0 Å². The molecule has 3 heterocycles. The van der Waals surface area contributed by atoms with E-state index in [1.165, 1.54) is 9.80 Å². The number of hydrogen-bond donors (Lipinski definition) is 4. The molecule has 0 aromatic carbocycles. The average molecular weight is 895 g/mol. The molecule has 2 aliphatic carbocycles. The third kappa shape index (κ3) is 11.1. The molecule has 0 saturated carbocycles. The van der Waals surface area contributed by atoms with E-state index in [4.69, 9.17) is 18.9 Å². The minimum absolute atomic E-state index is 0.193. The molecule has 3 aliphatic heterocycles. The summed E-state index contributed by atoms with van der Waals surface area (Å²) in [6.07, 6.45) is 5.82. The molecule has 352 valence electrons. The average Bonchev–Trinajstić information content (AvgIpc) is 3.72. The Kier molecular flexibility index (Phi) is 17.1. The Hall–Kier alpha value is -4.90. The quantitative estimate of drug-likeness (QED) is 0.0852. The lowest BCUT2D eigenvalue weighted by Crippen LogP contribution is -2.69. The molecular formula is C48H66N2O14. The third-order valence-electron chi connectivity index (χ3n) is 13.1. The van der Waals surface area contributed by atoms with Crippen LogP contribution in [0.25, 0.3) is 0 Å². The maximum absolute atomic E-state index is 15.2. The third-order valence-corrected chi connectivity index (χ3v) is 13.1. The Morgan fingerprint density at radius 1 is 0.672 bits per heavy atom. The molecule has 0 aromatic rings. The lowest BCUT2D eigenvalue weighted by Gasteiger charge is -2.49. The summed E-state index contributed by atoms with van der Waals surface area (Å²) < 4.78 is 23.9. The Labute approximate surface area is 375 Å². The van der Waals surface area contributed by atoms with Crippen molar-refractivity contribution >= 4 is 35.7 Å². The van der Waals surface area contributed by atoms with E-state index in [9.17, 15) is 39.6 Å². The second-order valence-electron chi connectivity index (χ2n) is 18.5. The summed E-state index contributed by atoms with van der Waals surface area (Å²) in [4.78, 5) is 87.7. The highest BCUT2D eigenvalue weighted by Crippen LogP contribution is 2.42. The predicted octanol–water partition coefficient (Wildman–Crippen LogP) is 3.04. The molecule has 0 bridgehead atoms. The number of amides is 2. The number of esters is 4. The molecule has 4 N–H and O–H groups in total. The number of fused-ring (bicyclic) bond motifs is 2. The van der Waals surface area contributed by atoms with E-state index in [0.29, 0.717) is 36.8 Å². The van der Waals surface area contributed by atoms with Crippen molar-refractivity contribution in [3.8, 4) is 0 Å². The van der Waals surface area contributed by atoms with Crippen molar-refractivity contribution < 1.29 is 68.1 Å². The summed E-state index contributed by atoms with van der Waals surface area (Å²) in [6, 6.07) is -2.25. The van der Waals surface area contributed by atoms with Gasteiger partial charge in [-0.2, -0.15) is 0 Å². The number of carbonyl (C=O) groups excluding carboxylic acids is 6. The Morgan fingerprint density at radius 3 is 1.34 bits per heavy atom. The second-order valence-corrected chi connectivity index (χ2v) is 18.5. The van der Waals surface area contributed by atoms with Gasteiger partial charge >= 0.3 is 23.9 Å². The van der Waals surface area contributed by atoms with E-state index in [1.807, 2.05) is 26.0 Å². The second kappa shape index (κ2) is 21.9. The number of ether oxygens (including phenoxy) is 4. The van der Waals surface area contributed by atoms with Crippen molar-refractivity contribution in [1.29, 1.82) is 0 Å². The highest BCUT2D eigenvalue weighted by molar-refractivity contribution is 5.98. The number of aliphatic hydroxyl groups excluding tert-OH is 4. The Morgan fingerprint density at radius 2 is 1.03 bits per heavy atom. The first-order valence-corrected chi connectivity index (χ1v) is 22.3.